The average molecular weight is 266 g/mol. The van der Waals surface area contributed by atoms with Crippen molar-refractivity contribution >= 4 is 5.91 Å². The van der Waals surface area contributed by atoms with E-state index in [2.05, 4.69) is 15.5 Å². The number of carbonyl (C=O) groups excluding carboxylic acids is 1. The fraction of sp³-hybridized carbons (Fsp3) is 0.833. The number of amides is 1. The van der Waals surface area contributed by atoms with Crippen molar-refractivity contribution in [2.45, 2.75) is 39.3 Å². The lowest BCUT2D eigenvalue weighted by molar-refractivity contribution is -0.131. The minimum Gasteiger partial charge on any atom is -0.342 e. The van der Waals surface area contributed by atoms with Crippen molar-refractivity contribution < 1.29 is 4.79 Å². The molecule has 1 aromatic rings. The number of hydrogen-bond donors (Lipinski definition) is 0. The standard InChI is InChI=1S/C12H22N6O/c1-4-17(5-2)12(19)9-16(3)8-11-13-14-15-18(11)10-6-7-10/h10H,4-9H2,1-3H3. The van der Waals surface area contributed by atoms with Gasteiger partial charge in [0.15, 0.2) is 5.82 Å². The molecule has 19 heavy (non-hydrogen) atoms. The predicted molar refractivity (Wildman–Crippen MR) is 70.4 cm³/mol. The van der Waals surface area contributed by atoms with E-state index in [0.29, 0.717) is 19.1 Å². The third-order valence-electron chi connectivity index (χ3n) is 3.39. The van der Waals surface area contributed by atoms with Gasteiger partial charge in [0.25, 0.3) is 0 Å². The molecule has 1 aliphatic carbocycles. The van der Waals surface area contributed by atoms with Gasteiger partial charge in [-0.25, -0.2) is 4.68 Å². The maximum atomic E-state index is 12.0. The Morgan fingerprint density at radius 1 is 1.37 bits per heavy atom. The molecule has 1 saturated carbocycles. The summed E-state index contributed by atoms with van der Waals surface area (Å²) in [6.07, 6.45) is 2.31. The van der Waals surface area contributed by atoms with Crippen LogP contribution in [0.25, 0.3) is 0 Å². The van der Waals surface area contributed by atoms with Crippen LogP contribution in [0.5, 0.6) is 0 Å². The highest BCUT2D eigenvalue weighted by Gasteiger charge is 2.28. The van der Waals surface area contributed by atoms with Crippen LogP contribution in [0.15, 0.2) is 0 Å². The van der Waals surface area contributed by atoms with Gasteiger partial charge < -0.3 is 4.90 Å². The third kappa shape index (κ3) is 3.50. The molecule has 1 fully saturated rings. The first kappa shape index (κ1) is 13.9. The lowest BCUT2D eigenvalue weighted by atomic mass is 10.4. The Balaban J connectivity index is 1.88. The number of rotatable bonds is 7. The van der Waals surface area contributed by atoms with Gasteiger partial charge in [-0.15, -0.1) is 5.10 Å². The van der Waals surface area contributed by atoms with Crippen molar-refractivity contribution in [3.63, 3.8) is 0 Å². The molecular formula is C12H22N6O. The molecule has 0 atom stereocenters. The van der Waals surface area contributed by atoms with Crippen LogP contribution >= 0.6 is 0 Å². The molecule has 0 bridgehead atoms. The number of likely N-dealkylation sites (N-methyl/N-ethyl adjacent to an activating group) is 2. The summed E-state index contributed by atoms with van der Waals surface area (Å²) in [5.74, 6) is 0.996. The molecule has 0 spiro atoms. The molecule has 1 amide bonds. The Kier molecular flexibility index (Phi) is 4.47. The summed E-state index contributed by atoms with van der Waals surface area (Å²) in [7, 11) is 1.92. The fourth-order valence-electron chi connectivity index (χ4n) is 2.12. The van der Waals surface area contributed by atoms with E-state index >= 15 is 0 Å². The zero-order valence-electron chi connectivity index (χ0n) is 11.9. The first-order valence-electron chi connectivity index (χ1n) is 6.88. The number of nitrogens with zero attached hydrogens (tertiary/aromatic N) is 6. The molecule has 0 saturated heterocycles. The van der Waals surface area contributed by atoms with Crippen molar-refractivity contribution in [2.75, 3.05) is 26.7 Å². The van der Waals surface area contributed by atoms with Crippen molar-refractivity contribution in [3.05, 3.63) is 5.82 Å². The molecule has 1 heterocycles. The lowest BCUT2D eigenvalue weighted by Crippen LogP contribution is -2.38. The number of hydrogen-bond acceptors (Lipinski definition) is 5. The molecule has 2 rings (SSSR count). The molecule has 0 aliphatic heterocycles. The van der Waals surface area contributed by atoms with E-state index in [4.69, 9.17) is 0 Å². The highest BCUT2D eigenvalue weighted by atomic mass is 16.2. The van der Waals surface area contributed by atoms with Crippen LogP contribution in [0.2, 0.25) is 0 Å². The molecule has 1 aromatic heterocycles. The van der Waals surface area contributed by atoms with E-state index in [9.17, 15) is 4.79 Å². The molecule has 0 N–H and O–H groups in total. The van der Waals surface area contributed by atoms with E-state index in [0.717, 1.165) is 31.8 Å². The summed E-state index contributed by atoms with van der Waals surface area (Å²) in [4.78, 5) is 15.8. The summed E-state index contributed by atoms with van der Waals surface area (Å²) in [5.41, 5.74) is 0. The quantitative estimate of drug-likeness (QED) is 0.710. The van der Waals surface area contributed by atoms with Gasteiger partial charge in [0.2, 0.25) is 5.91 Å². The van der Waals surface area contributed by atoms with Gasteiger partial charge in [-0.1, -0.05) is 0 Å². The van der Waals surface area contributed by atoms with Crippen LogP contribution < -0.4 is 0 Å². The van der Waals surface area contributed by atoms with Gasteiger partial charge in [0.1, 0.15) is 0 Å². The predicted octanol–water partition coefficient (Wildman–Crippen LogP) is 0.308. The molecule has 0 radical (unpaired) electrons. The smallest absolute Gasteiger partial charge is 0.236 e. The zero-order valence-corrected chi connectivity index (χ0v) is 11.9. The Bertz CT molecular complexity index is 424. The third-order valence-corrected chi connectivity index (χ3v) is 3.39. The average Bonchev–Trinajstić information content (AvgIpc) is 3.12. The Morgan fingerprint density at radius 3 is 2.63 bits per heavy atom. The minimum atomic E-state index is 0.151. The Morgan fingerprint density at radius 2 is 2.05 bits per heavy atom. The first-order valence-corrected chi connectivity index (χ1v) is 6.88. The van der Waals surface area contributed by atoms with Crippen LogP contribution in [0.3, 0.4) is 0 Å². The largest absolute Gasteiger partial charge is 0.342 e. The van der Waals surface area contributed by atoms with Crippen molar-refractivity contribution in [1.29, 1.82) is 0 Å². The second kappa shape index (κ2) is 6.10. The van der Waals surface area contributed by atoms with Crippen molar-refractivity contribution in [2.24, 2.45) is 0 Å². The van der Waals surface area contributed by atoms with Crippen LogP contribution in [0.1, 0.15) is 38.6 Å². The SMILES string of the molecule is CCN(CC)C(=O)CN(C)Cc1nnnn1C1CC1. The summed E-state index contributed by atoms with van der Waals surface area (Å²) in [6.45, 7) is 6.51. The maximum Gasteiger partial charge on any atom is 0.236 e. The monoisotopic (exact) mass is 266 g/mol. The van der Waals surface area contributed by atoms with E-state index in [1.165, 1.54) is 0 Å². The topological polar surface area (TPSA) is 67.2 Å². The van der Waals surface area contributed by atoms with Gasteiger partial charge in [0, 0.05) is 13.1 Å². The van der Waals surface area contributed by atoms with Crippen LogP contribution in [-0.2, 0) is 11.3 Å². The van der Waals surface area contributed by atoms with E-state index < -0.39 is 0 Å². The second-order valence-corrected chi connectivity index (χ2v) is 5.01. The van der Waals surface area contributed by atoms with Crippen LogP contribution in [-0.4, -0.2) is 62.6 Å². The van der Waals surface area contributed by atoms with E-state index in [1.54, 1.807) is 0 Å². The van der Waals surface area contributed by atoms with Crippen molar-refractivity contribution in [3.8, 4) is 0 Å². The van der Waals surface area contributed by atoms with Gasteiger partial charge in [-0.05, 0) is 44.2 Å². The molecule has 7 nitrogen and oxygen atoms in total. The summed E-state index contributed by atoms with van der Waals surface area (Å²) in [6, 6.07) is 0.469. The van der Waals surface area contributed by atoms with E-state index in [1.807, 2.05) is 35.4 Å². The summed E-state index contributed by atoms with van der Waals surface area (Å²) in [5, 5.41) is 11.8. The fourth-order valence-corrected chi connectivity index (χ4v) is 2.12. The zero-order chi connectivity index (χ0) is 13.8. The highest BCUT2D eigenvalue weighted by molar-refractivity contribution is 5.78. The molecule has 1 aliphatic rings. The van der Waals surface area contributed by atoms with Gasteiger partial charge >= 0.3 is 0 Å². The molecule has 0 unspecified atom stereocenters. The second-order valence-electron chi connectivity index (χ2n) is 5.01. The number of aromatic nitrogens is 4. The molecule has 106 valence electrons. The highest BCUT2D eigenvalue weighted by Crippen LogP contribution is 2.34. The van der Waals surface area contributed by atoms with Crippen LogP contribution in [0, 0.1) is 0 Å². The van der Waals surface area contributed by atoms with Crippen LogP contribution in [0.4, 0.5) is 0 Å². The Labute approximate surface area is 113 Å². The van der Waals surface area contributed by atoms with Gasteiger partial charge in [-0.3, -0.25) is 9.69 Å². The van der Waals surface area contributed by atoms with E-state index in [-0.39, 0.29) is 5.91 Å². The summed E-state index contributed by atoms with van der Waals surface area (Å²) < 4.78 is 1.89. The van der Waals surface area contributed by atoms with Gasteiger partial charge in [-0.2, -0.15) is 0 Å². The van der Waals surface area contributed by atoms with Crippen molar-refractivity contribution in [1.82, 2.24) is 30.0 Å². The molecule has 0 aromatic carbocycles. The number of tetrazole rings is 1. The molecular weight excluding hydrogens is 244 g/mol. The normalized spacial score (nSPS) is 14.9. The minimum absolute atomic E-state index is 0.151. The Hall–Kier alpha value is -1.50. The summed E-state index contributed by atoms with van der Waals surface area (Å²) >= 11 is 0. The maximum absolute atomic E-state index is 12.0. The first-order chi connectivity index (χ1) is 9.15. The number of carbonyl (C=O) groups is 1. The van der Waals surface area contributed by atoms with Gasteiger partial charge in [0.05, 0.1) is 19.1 Å². The molecule has 7 heteroatoms. The lowest BCUT2D eigenvalue weighted by Gasteiger charge is -2.22.